The number of aliphatic hydroxyl groups is 1. The lowest BCUT2D eigenvalue weighted by Gasteiger charge is -2.43. The van der Waals surface area contributed by atoms with Crippen LogP contribution in [-0.2, 0) is 5.60 Å². The lowest BCUT2D eigenvalue weighted by molar-refractivity contribution is -0.928. The number of nitrogens with zero attached hydrogens (tertiary/aromatic N) is 1. The van der Waals surface area contributed by atoms with Gasteiger partial charge in [0.25, 0.3) is 0 Å². The van der Waals surface area contributed by atoms with Crippen LogP contribution in [0.4, 0.5) is 0 Å². The molecule has 26 heavy (non-hydrogen) atoms. The van der Waals surface area contributed by atoms with Crippen LogP contribution in [0.2, 0.25) is 0 Å². The van der Waals surface area contributed by atoms with Crippen LogP contribution in [0, 0.1) is 0 Å². The fourth-order valence-corrected chi connectivity index (χ4v) is 4.84. The van der Waals surface area contributed by atoms with Crippen molar-refractivity contribution in [2.45, 2.75) is 43.4 Å². The molecule has 1 N–H and O–H groups in total. The zero-order chi connectivity index (χ0) is 17.5. The van der Waals surface area contributed by atoms with E-state index in [2.05, 4.69) is 20.2 Å². The van der Waals surface area contributed by atoms with E-state index < -0.39 is 5.60 Å². The summed E-state index contributed by atoms with van der Waals surface area (Å²) >= 11 is 0. The molecule has 0 aromatic heterocycles. The monoisotopic (exact) mass is 461 g/mol. The van der Waals surface area contributed by atoms with Crippen molar-refractivity contribution in [3.8, 4) is 0 Å². The summed E-state index contributed by atoms with van der Waals surface area (Å²) < 4.78 is 1.15. The van der Waals surface area contributed by atoms with Gasteiger partial charge in [0.15, 0.2) is 0 Å². The molecule has 2 fully saturated rings. The van der Waals surface area contributed by atoms with Crippen LogP contribution in [-0.4, -0.2) is 35.8 Å². The molecule has 0 unspecified atom stereocenters. The molecular weight excluding hydrogens is 433 g/mol. The van der Waals surface area contributed by atoms with Crippen molar-refractivity contribution in [3.63, 3.8) is 0 Å². The fraction of sp³-hybridized carbons (Fsp3) is 0.391. The van der Waals surface area contributed by atoms with Crippen molar-refractivity contribution in [1.29, 1.82) is 0 Å². The number of halogens is 1. The van der Waals surface area contributed by atoms with Crippen LogP contribution in [0.15, 0.2) is 72.3 Å². The molecule has 2 bridgehead atoms. The second-order valence-electron chi connectivity index (χ2n) is 8.22. The molecule has 0 amide bonds. The van der Waals surface area contributed by atoms with E-state index in [-0.39, 0.29) is 24.0 Å². The van der Waals surface area contributed by atoms with Crippen LogP contribution in [0.25, 0.3) is 0 Å². The van der Waals surface area contributed by atoms with E-state index in [0.29, 0.717) is 12.1 Å². The number of benzene rings is 2. The standard InChI is InChI=1S/C23H28NO.HI/c1-24(2)21-13-14-22(24)16-18(15-21)17-23(25,19-9-5-3-6-10-19)20-11-7-4-8-12-20;/h3-12,17,21-22,25H,13-16H2,1-2H3;1H/q+1;/p-1/t21-,22+;. The van der Waals surface area contributed by atoms with Gasteiger partial charge in [-0.25, -0.2) is 0 Å². The van der Waals surface area contributed by atoms with Crippen LogP contribution in [0.1, 0.15) is 36.8 Å². The third-order valence-corrected chi connectivity index (χ3v) is 6.55. The summed E-state index contributed by atoms with van der Waals surface area (Å²) in [5, 5.41) is 11.7. The van der Waals surface area contributed by atoms with E-state index in [9.17, 15) is 5.11 Å². The number of hydrogen-bond acceptors (Lipinski definition) is 1. The Labute approximate surface area is 174 Å². The highest BCUT2D eigenvalue weighted by Crippen LogP contribution is 2.44. The molecule has 0 saturated carbocycles. The zero-order valence-electron chi connectivity index (χ0n) is 15.6. The van der Waals surface area contributed by atoms with E-state index in [4.69, 9.17) is 0 Å². The van der Waals surface area contributed by atoms with Gasteiger partial charge in [0.05, 0.1) is 26.2 Å². The molecule has 2 heterocycles. The summed E-state index contributed by atoms with van der Waals surface area (Å²) in [7, 11) is 4.75. The molecule has 4 rings (SSSR count). The van der Waals surface area contributed by atoms with Crippen molar-refractivity contribution in [2.24, 2.45) is 0 Å². The lowest BCUT2D eigenvalue weighted by atomic mass is 9.82. The quantitative estimate of drug-likeness (QED) is 0.415. The molecule has 3 heteroatoms. The highest BCUT2D eigenvalue weighted by Gasteiger charge is 2.47. The van der Waals surface area contributed by atoms with Crippen molar-refractivity contribution in [1.82, 2.24) is 0 Å². The Morgan fingerprint density at radius 1 is 0.846 bits per heavy atom. The van der Waals surface area contributed by atoms with Crippen LogP contribution >= 0.6 is 0 Å². The Kier molecular flexibility index (Phi) is 5.61. The third-order valence-electron chi connectivity index (χ3n) is 6.55. The smallest absolute Gasteiger partial charge is 0.133 e. The number of fused-ring (bicyclic) bond motifs is 2. The van der Waals surface area contributed by atoms with E-state index in [0.717, 1.165) is 28.5 Å². The van der Waals surface area contributed by atoms with E-state index >= 15 is 0 Å². The lowest BCUT2D eigenvalue weighted by Crippen LogP contribution is -3.00. The van der Waals surface area contributed by atoms with Crippen molar-refractivity contribution in [3.05, 3.63) is 83.4 Å². The summed E-state index contributed by atoms with van der Waals surface area (Å²) in [6.45, 7) is 0. The predicted molar refractivity (Wildman–Crippen MR) is 102 cm³/mol. The Hall–Kier alpha value is -1.17. The normalized spacial score (nSPS) is 25.7. The van der Waals surface area contributed by atoms with Gasteiger partial charge >= 0.3 is 0 Å². The van der Waals surface area contributed by atoms with Gasteiger partial charge in [-0.2, -0.15) is 0 Å². The Morgan fingerprint density at radius 3 is 1.69 bits per heavy atom. The highest BCUT2D eigenvalue weighted by molar-refractivity contribution is 5.42. The minimum Gasteiger partial charge on any atom is -1.00 e. The molecule has 2 saturated heterocycles. The molecule has 2 atom stereocenters. The van der Waals surface area contributed by atoms with Crippen LogP contribution in [0.3, 0.4) is 0 Å². The first-order valence-electron chi connectivity index (χ1n) is 9.37. The first kappa shape index (κ1) is 19.6. The first-order chi connectivity index (χ1) is 12.0. The number of hydrogen-bond donors (Lipinski definition) is 1. The molecule has 138 valence electrons. The maximum absolute atomic E-state index is 11.7. The summed E-state index contributed by atoms with van der Waals surface area (Å²) in [6, 6.07) is 21.5. The fourth-order valence-electron chi connectivity index (χ4n) is 4.84. The second kappa shape index (κ2) is 7.45. The summed E-state index contributed by atoms with van der Waals surface area (Å²) in [5.41, 5.74) is 2.26. The van der Waals surface area contributed by atoms with Gasteiger partial charge in [-0.1, -0.05) is 66.2 Å². The summed E-state index contributed by atoms with van der Waals surface area (Å²) in [5.74, 6) is 0. The molecule has 2 aliphatic heterocycles. The molecule has 0 aliphatic carbocycles. The van der Waals surface area contributed by atoms with Crippen LogP contribution < -0.4 is 24.0 Å². The summed E-state index contributed by atoms with van der Waals surface area (Å²) in [6.07, 6.45) is 6.98. The first-order valence-corrected chi connectivity index (χ1v) is 9.37. The third kappa shape index (κ3) is 3.37. The number of quaternary nitrogens is 1. The Morgan fingerprint density at radius 2 is 1.27 bits per heavy atom. The van der Waals surface area contributed by atoms with Crippen molar-refractivity contribution >= 4 is 0 Å². The van der Waals surface area contributed by atoms with Crippen molar-refractivity contribution < 1.29 is 33.6 Å². The van der Waals surface area contributed by atoms with Gasteiger partial charge in [0, 0.05) is 25.7 Å². The largest absolute Gasteiger partial charge is 1.00 e. The topological polar surface area (TPSA) is 20.2 Å². The average Bonchev–Trinajstić information content (AvgIpc) is 2.80. The SMILES string of the molecule is C[N+]1(C)[C@@H]2CC[C@H]1CC(=CC(O)(c1ccccc1)c1ccccc1)C2.[I-]. The molecule has 2 nitrogen and oxygen atoms in total. The summed E-state index contributed by atoms with van der Waals surface area (Å²) in [4.78, 5) is 0. The number of rotatable bonds is 3. The van der Waals surface area contributed by atoms with Crippen molar-refractivity contribution in [2.75, 3.05) is 14.1 Å². The van der Waals surface area contributed by atoms with E-state index in [1.165, 1.54) is 18.4 Å². The Bertz CT molecular complexity index is 712. The van der Waals surface area contributed by atoms with E-state index in [1.807, 2.05) is 60.7 Å². The van der Waals surface area contributed by atoms with Gasteiger partial charge in [0.2, 0.25) is 0 Å². The minimum absolute atomic E-state index is 0. The van der Waals surface area contributed by atoms with Gasteiger partial charge < -0.3 is 33.6 Å². The Balaban J connectivity index is 0.00000196. The zero-order valence-corrected chi connectivity index (χ0v) is 17.8. The molecular formula is C23H28INO. The second-order valence-corrected chi connectivity index (χ2v) is 8.22. The molecule has 0 spiro atoms. The molecule has 2 aromatic rings. The van der Waals surface area contributed by atoms with Gasteiger partial charge in [-0.3, -0.25) is 0 Å². The van der Waals surface area contributed by atoms with Gasteiger partial charge in [-0.05, 0) is 17.2 Å². The van der Waals surface area contributed by atoms with E-state index in [1.54, 1.807) is 0 Å². The molecule has 0 radical (unpaired) electrons. The maximum atomic E-state index is 11.7. The predicted octanol–water partition coefficient (Wildman–Crippen LogP) is 1.25. The number of piperidine rings is 1. The van der Waals surface area contributed by atoms with Gasteiger partial charge in [-0.15, -0.1) is 0 Å². The molecule has 2 aromatic carbocycles. The maximum Gasteiger partial charge on any atom is 0.133 e. The average molecular weight is 461 g/mol. The highest BCUT2D eigenvalue weighted by atomic mass is 127. The molecule has 2 aliphatic rings. The minimum atomic E-state index is -1.05. The van der Waals surface area contributed by atoms with Crippen LogP contribution in [0.5, 0.6) is 0 Å². The van der Waals surface area contributed by atoms with Gasteiger partial charge in [0.1, 0.15) is 5.60 Å².